The molecule has 0 amide bonds. The summed E-state index contributed by atoms with van der Waals surface area (Å²) in [4.78, 5) is 2.06. The van der Waals surface area contributed by atoms with Crippen LogP contribution in [0, 0.1) is 11.6 Å². The largest absolute Gasteiger partial charge is 0.369 e. The zero-order chi connectivity index (χ0) is 10.8. The van der Waals surface area contributed by atoms with Gasteiger partial charge in [-0.3, -0.25) is 0 Å². The maximum atomic E-state index is 13.0. The molecule has 2 rings (SSSR count). The highest BCUT2D eigenvalue weighted by Crippen LogP contribution is 2.19. The summed E-state index contributed by atoms with van der Waals surface area (Å²) in [6.45, 7) is 4.60. The third kappa shape index (κ3) is 2.26. The molecule has 0 spiro atoms. The Bertz CT molecular complexity index is 354. The molecule has 4 heteroatoms. The number of anilines is 1. The number of hydrogen-bond acceptors (Lipinski definition) is 2. The van der Waals surface area contributed by atoms with Gasteiger partial charge in [0.05, 0.1) is 0 Å². The van der Waals surface area contributed by atoms with E-state index in [1.54, 1.807) is 6.07 Å². The van der Waals surface area contributed by atoms with Crippen molar-refractivity contribution in [3.8, 4) is 0 Å². The highest BCUT2D eigenvalue weighted by atomic mass is 19.2. The van der Waals surface area contributed by atoms with E-state index in [2.05, 4.69) is 17.1 Å². The van der Waals surface area contributed by atoms with Crippen molar-refractivity contribution in [2.24, 2.45) is 0 Å². The van der Waals surface area contributed by atoms with E-state index >= 15 is 0 Å². The normalized spacial score (nSPS) is 21.8. The molecule has 0 aliphatic carbocycles. The van der Waals surface area contributed by atoms with Gasteiger partial charge in [0.15, 0.2) is 11.6 Å². The van der Waals surface area contributed by atoms with Gasteiger partial charge >= 0.3 is 0 Å². The summed E-state index contributed by atoms with van der Waals surface area (Å²) >= 11 is 0. The van der Waals surface area contributed by atoms with Gasteiger partial charge < -0.3 is 10.2 Å². The van der Waals surface area contributed by atoms with Crippen molar-refractivity contribution in [2.45, 2.75) is 13.0 Å². The zero-order valence-electron chi connectivity index (χ0n) is 8.63. The van der Waals surface area contributed by atoms with Gasteiger partial charge in [-0.2, -0.15) is 0 Å². The number of hydrogen-bond donors (Lipinski definition) is 1. The predicted octanol–water partition coefficient (Wildman–Crippen LogP) is 1.76. The Morgan fingerprint density at radius 1 is 1.33 bits per heavy atom. The van der Waals surface area contributed by atoms with Gasteiger partial charge in [-0.1, -0.05) is 0 Å². The van der Waals surface area contributed by atoms with E-state index in [-0.39, 0.29) is 0 Å². The minimum atomic E-state index is -0.790. The van der Waals surface area contributed by atoms with Crippen molar-refractivity contribution >= 4 is 5.69 Å². The molecule has 1 atom stereocenters. The molecular weight excluding hydrogens is 198 g/mol. The lowest BCUT2D eigenvalue weighted by molar-refractivity contribution is 0.480. The average Bonchev–Trinajstić information content (AvgIpc) is 2.22. The van der Waals surface area contributed by atoms with Gasteiger partial charge in [-0.05, 0) is 19.1 Å². The van der Waals surface area contributed by atoms with Crippen LogP contribution in [0.15, 0.2) is 18.2 Å². The summed E-state index contributed by atoms with van der Waals surface area (Å²) in [6.07, 6.45) is 0. The number of nitrogens with one attached hydrogen (secondary N) is 1. The fourth-order valence-corrected chi connectivity index (χ4v) is 1.85. The van der Waals surface area contributed by atoms with Crippen LogP contribution in [0.3, 0.4) is 0 Å². The van der Waals surface area contributed by atoms with Crippen LogP contribution in [-0.4, -0.2) is 25.7 Å². The van der Waals surface area contributed by atoms with Gasteiger partial charge in [-0.15, -0.1) is 0 Å². The monoisotopic (exact) mass is 212 g/mol. The molecule has 0 bridgehead atoms. The second kappa shape index (κ2) is 4.14. The Hall–Kier alpha value is -1.16. The topological polar surface area (TPSA) is 15.3 Å². The maximum Gasteiger partial charge on any atom is 0.160 e. The molecular formula is C11H14F2N2. The number of halogens is 2. The van der Waals surface area contributed by atoms with Crippen molar-refractivity contribution in [3.05, 3.63) is 29.8 Å². The second-order valence-corrected chi connectivity index (χ2v) is 3.90. The molecule has 0 aromatic heterocycles. The lowest BCUT2D eigenvalue weighted by Gasteiger charge is -2.33. The molecule has 15 heavy (non-hydrogen) atoms. The van der Waals surface area contributed by atoms with Crippen molar-refractivity contribution in [1.82, 2.24) is 5.32 Å². The number of nitrogens with zero attached hydrogens (tertiary/aromatic N) is 1. The first-order valence-electron chi connectivity index (χ1n) is 5.10. The SMILES string of the molecule is C[C@H]1CN(c2ccc(F)c(F)c2)CCN1. The molecule has 1 fully saturated rings. The summed E-state index contributed by atoms with van der Waals surface area (Å²) in [7, 11) is 0. The van der Waals surface area contributed by atoms with E-state index in [0.717, 1.165) is 25.3 Å². The van der Waals surface area contributed by atoms with Crippen molar-refractivity contribution in [2.75, 3.05) is 24.5 Å². The first-order chi connectivity index (χ1) is 7.16. The van der Waals surface area contributed by atoms with E-state index in [1.807, 2.05) is 0 Å². The maximum absolute atomic E-state index is 13.0. The van der Waals surface area contributed by atoms with Crippen LogP contribution in [0.2, 0.25) is 0 Å². The van der Waals surface area contributed by atoms with Gasteiger partial charge in [0.1, 0.15) is 0 Å². The minimum absolute atomic E-state index is 0.381. The van der Waals surface area contributed by atoms with Crippen LogP contribution >= 0.6 is 0 Å². The van der Waals surface area contributed by atoms with E-state index in [9.17, 15) is 8.78 Å². The van der Waals surface area contributed by atoms with Crippen LogP contribution < -0.4 is 10.2 Å². The molecule has 1 aliphatic heterocycles. The van der Waals surface area contributed by atoms with Crippen LogP contribution in [0.5, 0.6) is 0 Å². The molecule has 1 aromatic rings. The van der Waals surface area contributed by atoms with Gasteiger partial charge in [0, 0.05) is 37.4 Å². The van der Waals surface area contributed by atoms with Gasteiger partial charge in [0.2, 0.25) is 0 Å². The van der Waals surface area contributed by atoms with Crippen LogP contribution in [0.4, 0.5) is 14.5 Å². The highest BCUT2D eigenvalue weighted by Gasteiger charge is 2.16. The smallest absolute Gasteiger partial charge is 0.160 e. The summed E-state index contributed by atoms with van der Waals surface area (Å²) < 4.78 is 25.8. The van der Waals surface area contributed by atoms with Crippen LogP contribution in [0.1, 0.15) is 6.92 Å². The molecule has 1 aliphatic rings. The number of piperazine rings is 1. The first kappa shape index (κ1) is 10.4. The molecule has 1 heterocycles. The van der Waals surface area contributed by atoms with Crippen molar-refractivity contribution < 1.29 is 8.78 Å². The third-order valence-corrected chi connectivity index (χ3v) is 2.64. The molecule has 82 valence electrons. The lowest BCUT2D eigenvalue weighted by atomic mass is 10.2. The summed E-state index contributed by atoms with van der Waals surface area (Å²) in [5.41, 5.74) is 0.752. The van der Waals surface area contributed by atoms with Gasteiger partial charge in [0.25, 0.3) is 0 Å². The van der Waals surface area contributed by atoms with Crippen LogP contribution in [0.25, 0.3) is 0 Å². The summed E-state index contributed by atoms with van der Waals surface area (Å²) in [6, 6.07) is 4.44. The number of benzene rings is 1. The van der Waals surface area contributed by atoms with E-state index in [0.29, 0.717) is 6.04 Å². The summed E-state index contributed by atoms with van der Waals surface area (Å²) in [5.74, 6) is -1.57. The minimum Gasteiger partial charge on any atom is -0.369 e. The Balaban J connectivity index is 2.18. The average molecular weight is 212 g/mol. The zero-order valence-corrected chi connectivity index (χ0v) is 8.63. The molecule has 0 radical (unpaired) electrons. The van der Waals surface area contributed by atoms with E-state index in [4.69, 9.17) is 0 Å². The second-order valence-electron chi connectivity index (χ2n) is 3.90. The predicted molar refractivity (Wildman–Crippen MR) is 56.0 cm³/mol. The highest BCUT2D eigenvalue weighted by molar-refractivity contribution is 5.47. The molecule has 0 saturated carbocycles. The Labute approximate surface area is 87.9 Å². The van der Waals surface area contributed by atoms with E-state index in [1.165, 1.54) is 12.1 Å². The van der Waals surface area contributed by atoms with E-state index < -0.39 is 11.6 Å². The fraction of sp³-hybridized carbons (Fsp3) is 0.455. The summed E-state index contributed by atoms with van der Waals surface area (Å²) in [5, 5.41) is 3.30. The van der Waals surface area contributed by atoms with Crippen LogP contribution in [-0.2, 0) is 0 Å². The fourth-order valence-electron chi connectivity index (χ4n) is 1.85. The quantitative estimate of drug-likeness (QED) is 0.763. The van der Waals surface area contributed by atoms with Crippen molar-refractivity contribution in [3.63, 3.8) is 0 Å². The standard InChI is InChI=1S/C11H14F2N2/c1-8-7-15(5-4-14-8)9-2-3-10(12)11(13)6-9/h2-3,6,8,14H,4-5,7H2,1H3/t8-/m0/s1. The van der Waals surface area contributed by atoms with Crippen molar-refractivity contribution in [1.29, 1.82) is 0 Å². The van der Waals surface area contributed by atoms with Gasteiger partial charge in [-0.25, -0.2) is 8.78 Å². The lowest BCUT2D eigenvalue weighted by Crippen LogP contribution is -2.49. The Kier molecular flexibility index (Phi) is 2.86. The molecule has 2 nitrogen and oxygen atoms in total. The molecule has 0 unspecified atom stereocenters. The molecule has 1 aromatic carbocycles. The number of rotatable bonds is 1. The first-order valence-corrected chi connectivity index (χ1v) is 5.10. The Morgan fingerprint density at radius 2 is 2.13 bits per heavy atom. The third-order valence-electron chi connectivity index (χ3n) is 2.64. The Morgan fingerprint density at radius 3 is 2.80 bits per heavy atom. The molecule has 1 N–H and O–H groups in total. The molecule has 1 saturated heterocycles.